The van der Waals surface area contributed by atoms with Gasteiger partial charge in [-0.25, -0.2) is 0 Å². The van der Waals surface area contributed by atoms with E-state index in [1.54, 1.807) is 0 Å². The molecule has 0 bridgehead atoms. The van der Waals surface area contributed by atoms with Crippen LogP contribution >= 0.6 is 0 Å². The van der Waals surface area contributed by atoms with Gasteiger partial charge < -0.3 is 14.8 Å². The zero-order chi connectivity index (χ0) is 16.0. The number of hydrogen-bond donors (Lipinski definition) is 1. The lowest BCUT2D eigenvalue weighted by atomic mass is 10.0. The Morgan fingerprint density at radius 1 is 1.27 bits per heavy atom. The molecule has 1 saturated carbocycles. The molecule has 1 aromatic rings. The van der Waals surface area contributed by atoms with Crippen molar-refractivity contribution in [2.45, 2.75) is 58.5 Å². The molecule has 0 heterocycles. The average Bonchev–Trinajstić information content (AvgIpc) is 2.97. The molecule has 2 rings (SSSR count). The molecule has 22 heavy (non-hydrogen) atoms. The van der Waals surface area contributed by atoms with Crippen molar-refractivity contribution in [2.24, 2.45) is 0 Å². The summed E-state index contributed by atoms with van der Waals surface area (Å²) in [6.07, 6.45) is 4.70. The minimum atomic E-state index is -0.639. The summed E-state index contributed by atoms with van der Waals surface area (Å²) < 4.78 is 11.5. The van der Waals surface area contributed by atoms with E-state index in [2.05, 4.69) is 12.2 Å². The van der Waals surface area contributed by atoms with Gasteiger partial charge in [-0.05, 0) is 69.7 Å². The van der Waals surface area contributed by atoms with Gasteiger partial charge in [0.2, 0.25) is 0 Å². The Hall–Kier alpha value is -1.55. The summed E-state index contributed by atoms with van der Waals surface area (Å²) in [5.74, 6) is 0.855. The molecule has 0 saturated heterocycles. The monoisotopic (exact) mass is 305 g/mol. The highest BCUT2D eigenvalue weighted by Crippen LogP contribution is 2.34. The number of amides is 1. The number of carbonyl (C=O) groups is 1. The summed E-state index contributed by atoms with van der Waals surface area (Å²) in [6.45, 7) is 7.29. The Bertz CT molecular complexity index is 507. The molecule has 1 aliphatic carbocycles. The lowest BCUT2D eigenvalue weighted by Gasteiger charge is -2.27. The van der Waals surface area contributed by atoms with Crippen LogP contribution in [-0.4, -0.2) is 24.7 Å². The van der Waals surface area contributed by atoms with Crippen LogP contribution in [0.15, 0.2) is 18.2 Å². The number of anilines is 1. The summed E-state index contributed by atoms with van der Waals surface area (Å²) >= 11 is 0. The van der Waals surface area contributed by atoms with Gasteiger partial charge in [0.25, 0.3) is 5.91 Å². The highest BCUT2D eigenvalue weighted by atomic mass is 16.5. The van der Waals surface area contributed by atoms with Crippen LogP contribution in [0.25, 0.3) is 0 Å². The van der Waals surface area contributed by atoms with Crippen LogP contribution in [0.4, 0.5) is 5.69 Å². The van der Waals surface area contributed by atoms with Crippen molar-refractivity contribution in [3.8, 4) is 5.75 Å². The minimum absolute atomic E-state index is 0.0199. The van der Waals surface area contributed by atoms with Crippen LogP contribution in [0.3, 0.4) is 0 Å². The maximum absolute atomic E-state index is 12.6. The molecule has 0 radical (unpaired) electrons. The van der Waals surface area contributed by atoms with E-state index >= 15 is 0 Å². The topological polar surface area (TPSA) is 47.6 Å². The fourth-order valence-corrected chi connectivity index (χ4v) is 3.01. The van der Waals surface area contributed by atoms with Crippen molar-refractivity contribution in [1.82, 2.24) is 0 Å². The standard InChI is InChI=1S/C18H27NO3/c1-4-12-21-16-9-8-15(13-14(16)3)19-17(20)18(22-5-2)10-6-7-11-18/h8-9,13H,4-7,10-12H2,1-3H3,(H,19,20). The van der Waals surface area contributed by atoms with Gasteiger partial charge in [0, 0.05) is 12.3 Å². The summed E-state index contributed by atoms with van der Waals surface area (Å²) in [5.41, 5.74) is 1.19. The molecule has 0 atom stereocenters. The van der Waals surface area contributed by atoms with E-state index in [4.69, 9.17) is 9.47 Å². The second-order valence-electron chi connectivity index (χ2n) is 5.92. The molecule has 0 spiro atoms. The van der Waals surface area contributed by atoms with E-state index < -0.39 is 5.60 Å². The second kappa shape index (κ2) is 7.63. The van der Waals surface area contributed by atoms with E-state index in [0.717, 1.165) is 49.1 Å². The van der Waals surface area contributed by atoms with Gasteiger partial charge in [-0.2, -0.15) is 0 Å². The molecule has 4 heteroatoms. The molecule has 0 unspecified atom stereocenters. The Balaban J connectivity index is 2.06. The van der Waals surface area contributed by atoms with Gasteiger partial charge in [0.1, 0.15) is 11.4 Å². The smallest absolute Gasteiger partial charge is 0.256 e. The first kappa shape index (κ1) is 16.8. The number of hydrogen-bond acceptors (Lipinski definition) is 3. The van der Waals surface area contributed by atoms with Crippen LogP contribution in [0.5, 0.6) is 5.75 Å². The maximum atomic E-state index is 12.6. The largest absolute Gasteiger partial charge is 0.493 e. The zero-order valence-electron chi connectivity index (χ0n) is 13.9. The number of carbonyl (C=O) groups excluding carboxylic acids is 1. The fourth-order valence-electron chi connectivity index (χ4n) is 3.01. The fraction of sp³-hybridized carbons (Fsp3) is 0.611. The number of nitrogens with one attached hydrogen (secondary N) is 1. The van der Waals surface area contributed by atoms with E-state index in [1.807, 2.05) is 32.0 Å². The summed E-state index contributed by atoms with van der Waals surface area (Å²) in [4.78, 5) is 12.6. The highest BCUT2D eigenvalue weighted by Gasteiger charge is 2.41. The van der Waals surface area contributed by atoms with Gasteiger partial charge in [0.05, 0.1) is 6.61 Å². The van der Waals surface area contributed by atoms with Crippen molar-refractivity contribution in [1.29, 1.82) is 0 Å². The van der Waals surface area contributed by atoms with Crippen molar-refractivity contribution in [3.63, 3.8) is 0 Å². The van der Waals surface area contributed by atoms with Gasteiger partial charge >= 0.3 is 0 Å². The summed E-state index contributed by atoms with van der Waals surface area (Å²) in [7, 11) is 0. The van der Waals surface area contributed by atoms with Crippen molar-refractivity contribution in [3.05, 3.63) is 23.8 Å². The molecule has 1 amide bonds. The third kappa shape index (κ3) is 3.80. The number of ether oxygens (including phenoxy) is 2. The molecule has 1 fully saturated rings. The molecule has 1 aromatic carbocycles. The molecular formula is C18H27NO3. The van der Waals surface area contributed by atoms with Crippen molar-refractivity contribution >= 4 is 11.6 Å². The number of benzene rings is 1. The van der Waals surface area contributed by atoms with Crippen molar-refractivity contribution in [2.75, 3.05) is 18.5 Å². The molecule has 0 aliphatic heterocycles. The number of aryl methyl sites for hydroxylation is 1. The Morgan fingerprint density at radius 2 is 2.00 bits per heavy atom. The molecule has 0 aromatic heterocycles. The normalized spacial score (nSPS) is 16.5. The first-order chi connectivity index (χ1) is 10.6. The van der Waals surface area contributed by atoms with E-state index in [9.17, 15) is 4.79 Å². The number of rotatable bonds is 7. The molecule has 1 N–H and O–H groups in total. The summed E-state index contributed by atoms with van der Waals surface area (Å²) in [6, 6.07) is 5.77. The predicted molar refractivity (Wildman–Crippen MR) is 88.4 cm³/mol. The van der Waals surface area contributed by atoms with E-state index in [-0.39, 0.29) is 5.91 Å². The van der Waals surface area contributed by atoms with Gasteiger partial charge in [0.15, 0.2) is 0 Å². The SMILES string of the molecule is CCCOc1ccc(NC(=O)C2(OCC)CCCC2)cc1C. The lowest BCUT2D eigenvalue weighted by Crippen LogP contribution is -2.43. The third-order valence-electron chi connectivity index (χ3n) is 4.14. The van der Waals surface area contributed by atoms with Gasteiger partial charge in [-0.15, -0.1) is 0 Å². The highest BCUT2D eigenvalue weighted by molar-refractivity contribution is 5.97. The molecular weight excluding hydrogens is 278 g/mol. The van der Waals surface area contributed by atoms with Gasteiger partial charge in [-0.1, -0.05) is 6.92 Å². The first-order valence-corrected chi connectivity index (χ1v) is 8.30. The van der Waals surface area contributed by atoms with Crippen LogP contribution < -0.4 is 10.1 Å². The van der Waals surface area contributed by atoms with Crippen LogP contribution in [0.2, 0.25) is 0 Å². The molecule has 4 nitrogen and oxygen atoms in total. The molecule has 1 aliphatic rings. The first-order valence-electron chi connectivity index (χ1n) is 8.30. The summed E-state index contributed by atoms with van der Waals surface area (Å²) in [5, 5.41) is 3.01. The average molecular weight is 305 g/mol. The third-order valence-corrected chi connectivity index (χ3v) is 4.14. The van der Waals surface area contributed by atoms with Crippen molar-refractivity contribution < 1.29 is 14.3 Å². The van der Waals surface area contributed by atoms with Gasteiger partial charge in [-0.3, -0.25) is 4.79 Å². The molecule has 122 valence electrons. The van der Waals surface area contributed by atoms with E-state index in [1.165, 1.54) is 0 Å². The van der Waals surface area contributed by atoms with Crippen LogP contribution in [0.1, 0.15) is 51.5 Å². The van der Waals surface area contributed by atoms with Crippen LogP contribution in [-0.2, 0) is 9.53 Å². The zero-order valence-corrected chi connectivity index (χ0v) is 13.9. The maximum Gasteiger partial charge on any atom is 0.256 e. The Morgan fingerprint density at radius 3 is 2.59 bits per heavy atom. The quantitative estimate of drug-likeness (QED) is 0.826. The van der Waals surface area contributed by atoms with E-state index in [0.29, 0.717) is 13.2 Å². The predicted octanol–water partition coefficient (Wildman–Crippen LogP) is 4.07. The minimum Gasteiger partial charge on any atom is -0.493 e. The van der Waals surface area contributed by atoms with Crippen LogP contribution in [0, 0.1) is 6.92 Å². The lowest BCUT2D eigenvalue weighted by molar-refractivity contribution is -0.140. The Kier molecular flexibility index (Phi) is 5.83. The second-order valence-corrected chi connectivity index (χ2v) is 5.92. The Labute approximate surface area is 133 Å².